The summed E-state index contributed by atoms with van der Waals surface area (Å²) in [5.74, 6) is 0.796. The molecule has 0 radical (unpaired) electrons. The molecule has 15 heavy (non-hydrogen) atoms. The molecule has 2 N–H and O–H groups in total. The lowest BCUT2D eigenvalue weighted by molar-refractivity contribution is 0.311. The Morgan fingerprint density at radius 2 is 2.27 bits per heavy atom. The first-order valence-electron chi connectivity index (χ1n) is 4.75. The normalized spacial score (nSPS) is 10.2. The van der Waals surface area contributed by atoms with E-state index >= 15 is 0 Å². The summed E-state index contributed by atoms with van der Waals surface area (Å²) in [6.07, 6.45) is 1.84. The van der Waals surface area contributed by atoms with Crippen LogP contribution in [-0.2, 0) is 0 Å². The molecule has 0 atom stereocenters. The van der Waals surface area contributed by atoms with E-state index in [2.05, 4.69) is 16.4 Å². The highest BCUT2D eigenvalue weighted by Crippen LogP contribution is 2.24. The van der Waals surface area contributed by atoms with E-state index in [1.54, 1.807) is 11.3 Å². The minimum Gasteiger partial charge on any atom is -0.395 e. The average molecular weight is 220 g/mol. The molecule has 0 aliphatic carbocycles. The van der Waals surface area contributed by atoms with Crippen LogP contribution in [0, 0.1) is 0 Å². The van der Waals surface area contributed by atoms with Crippen LogP contribution in [0.4, 0.5) is 5.82 Å². The summed E-state index contributed by atoms with van der Waals surface area (Å²) < 4.78 is 0. The topological polar surface area (TPSA) is 45.1 Å². The molecule has 0 fully saturated rings. The van der Waals surface area contributed by atoms with Gasteiger partial charge in [-0.25, -0.2) is 4.98 Å². The number of hydrogen-bond donors (Lipinski definition) is 2. The molecular formula is C11H12N2OS. The fraction of sp³-hybridized carbons (Fsp3) is 0.182. The number of nitrogens with zero attached hydrogens (tertiary/aromatic N) is 1. The van der Waals surface area contributed by atoms with Gasteiger partial charge in [0.05, 0.1) is 6.61 Å². The Hall–Kier alpha value is -1.39. The zero-order valence-corrected chi connectivity index (χ0v) is 9.00. The summed E-state index contributed by atoms with van der Waals surface area (Å²) in [6, 6.07) is 8.05. The molecule has 4 heteroatoms. The van der Waals surface area contributed by atoms with Gasteiger partial charge in [0.1, 0.15) is 5.82 Å². The highest BCUT2D eigenvalue weighted by molar-refractivity contribution is 7.13. The van der Waals surface area contributed by atoms with E-state index < -0.39 is 0 Å². The van der Waals surface area contributed by atoms with Crippen molar-refractivity contribution in [3.05, 3.63) is 35.8 Å². The summed E-state index contributed by atoms with van der Waals surface area (Å²) >= 11 is 1.70. The number of aliphatic hydroxyl groups is 1. The second kappa shape index (κ2) is 4.91. The van der Waals surface area contributed by atoms with E-state index in [1.165, 1.54) is 4.88 Å². The van der Waals surface area contributed by atoms with Gasteiger partial charge in [-0.1, -0.05) is 6.07 Å². The molecular weight excluding hydrogens is 208 g/mol. The van der Waals surface area contributed by atoms with Crippen molar-refractivity contribution in [2.24, 2.45) is 0 Å². The third kappa shape index (κ3) is 2.55. The Morgan fingerprint density at radius 1 is 1.33 bits per heavy atom. The van der Waals surface area contributed by atoms with E-state index in [0.29, 0.717) is 6.54 Å². The number of pyridine rings is 1. The quantitative estimate of drug-likeness (QED) is 0.830. The predicted octanol–water partition coefficient (Wildman–Crippen LogP) is 2.21. The number of aliphatic hydroxyl groups excluding tert-OH is 1. The second-order valence-electron chi connectivity index (χ2n) is 3.06. The number of aromatic nitrogens is 1. The molecule has 0 bridgehead atoms. The Morgan fingerprint density at radius 3 is 2.87 bits per heavy atom. The van der Waals surface area contributed by atoms with Gasteiger partial charge in [0, 0.05) is 23.2 Å². The number of rotatable bonds is 4. The minimum atomic E-state index is 0.119. The van der Waals surface area contributed by atoms with Crippen LogP contribution in [-0.4, -0.2) is 23.2 Å². The monoisotopic (exact) mass is 220 g/mol. The third-order valence-corrected chi connectivity index (χ3v) is 2.91. The molecule has 0 aliphatic heterocycles. The summed E-state index contributed by atoms with van der Waals surface area (Å²) in [5, 5.41) is 13.7. The van der Waals surface area contributed by atoms with Gasteiger partial charge >= 0.3 is 0 Å². The molecule has 0 unspecified atom stereocenters. The van der Waals surface area contributed by atoms with E-state index in [-0.39, 0.29) is 6.61 Å². The predicted molar refractivity (Wildman–Crippen MR) is 63.1 cm³/mol. The van der Waals surface area contributed by atoms with Crippen LogP contribution < -0.4 is 5.32 Å². The van der Waals surface area contributed by atoms with Crippen molar-refractivity contribution in [3.8, 4) is 10.4 Å². The Kier molecular flexibility index (Phi) is 3.32. The Labute approximate surface area is 92.4 Å². The lowest BCUT2D eigenvalue weighted by Crippen LogP contribution is -2.06. The summed E-state index contributed by atoms with van der Waals surface area (Å²) in [6.45, 7) is 0.652. The number of thiophene rings is 1. The van der Waals surface area contributed by atoms with Crippen molar-refractivity contribution in [2.45, 2.75) is 0 Å². The summed E-state index contributed by atoms with van der Waals surface area (Å²) in [4.78, 5) is 5.48. The van der Waals surface area contributed by atoms with Crippen molar-refractivity contribution in [2.75, 3.05) is 18.5 Å². The summed E-state index contributed by atoms with van der Waals surface area (Å²) in [7, 11) is 0. The molecule has 0 saturated carbocycles. The minimum absolute atomic E-state index is 0.119. The maximum Gasteiger partial charge on any atom is 0.125 e. The third-order valence-electron chi connectivity index (χ3n) is 1.99. The van der Waals surface area contributed by atoms with E-state index in [0.717, 1.165) is 11.4 Å². The van der Waals surface area contributed by atoms with E-state index in [9.17, 15) is 0 Å². The number of nitrogens with one attached hydrogen (secondary N) is 1. The average Bonchev–Trinajstić information content (AvgIpc) is 2.80. The molecule has 3 nitrogen and oxygen atoms in total. The van der Waals surface area contributed by atoms with E-state index in [4.69, 9.17) is 5.11 Å². The first kappa shape index (κ1) is 10.1. The first-order valence-corrected chi connectivity index (χ1v) is 5.63. The fourth-order valence-corrected chi connectivity index (χ4v) is 1.99. The molecule has 0 aliphatic rings. The molecule has 0 aromatic carbocycles. The van der Waals surface area contributed by atoms with Gasteiger partial charge in [-0.05, 0) is 23.6 Å². The van der Waals surface area contributed by atoms with Crippen molar-refractivity contribution < 1.29 is 5.11 Å². The van der Waals surface area contributed by atoms with Gasteiger partial charge in [-0.3, -0.25) is 0 Å². The van der Waals surface area contributed by atoms with Crippen molar-refractivity contribution in [3.63, 3.8) is 0 Å². The second-order valence-corrected chi connectivity index (χ2v) is 4.01. The van der Waals surface area contributed by atoms with Crippen molar-refractivity contribution in [1.82, 2.24) is 4.98 Å². The molecule has 2 heterocycles. The smallest absolute Gasteiger partial charge is 0.125 e. The van der Waals surface area contributed by atoms with Gasteiger partial charge < -0.3 is 10.4 Å². The van der Waals surface area contributed by atoms with Crippen LogP contribution in [0.3, 0.4) is 0 Å². The highest BCUT2D eigenvalue weighted by Gasteiger charge is 1.98. The lowest BCUT2D eigenvalue weighted by atomic mass is 10.2. The van der Waals surface area contributed by atoms with Crippen LogP contribution in [0.2, 0.25) is 0 Å². The van der Waals surface area contributed by atoms with Gasteiger partial charge in [-0.2, -0.15) is 0 Å². The molecule has 78 valence electrons. The summed E-state index contributed by atoms with van der Waals surface area (Å²) in [5.41, 5.74) is 1.12. The molecule has 2 aromatic rings. The van der Waals surface area contributed by atoms with Gasteiger partial charge in [0.15, 0.2) is 0 Å². The van der Waals surface area contributed by atoms with Crippen molar-refractivity contribution >= 4 is 17.2 Å². The van der Waals surface area contributed by atoms with E-state index in [1.807, 2.05) is 29.8 Å². The van der Waals surface area contributed by atoms with Crippen LogP contribution in [0.25, 0.3) is 10.4 Å². The maximum atomic E-state index is 8.64. The molecule has 0 amide bonds. The molecule has 0 spiro atoms. The first-order chi connectivity index (χ1) is 7.40. The van der Waals surface area contributed by atoms with Gasteiger partial charge in [0.2, 0.25) is 0 Å². The van der Waals surface area contributed by atoms with Gasteiger partial charge in [0.25, 0.3) is 0 Å². The zero-order chi connectivity index (χ0) is 10.5. The SMILES string of the molecule is OCCNc1ccc(-c2cccs2)cn1. The zero-order valence-electron chi connectivity index (χ0n) is 8.18. The van der Waals surface area contributed by atoms with Gasteiger partial charge in [-0.15, -0.1) is 11.3 Å². The molecule has 2 aromatic heterocycles. The standard InChI is InChI=1S/C11H12N2OS/c14-6-5-12-11-4-3-9(8-13-11)10-2-1-7-15-10/h1-4,7-8,14H,5-6H2,(H,12,13). The maximum absolute atomic E-state index is 8.64. The van der Waals surface area contributed by atoms with Crippen LogP contribution in [0.1, 0.15) is 0 Å². The number of hydrogen-bond acceptors (Lipinski definition) is 4. The van der Waals surface area contributed by atoms with Crippen molar-refractivity contribution in [1.29, 1.82) is 0 Å². The van der Waals surface area contributed by atoms with Crippen LogP contribution >= 0.6 is 11.3 Å². The largest absolute Gasteiger partial charge is 0.395 e. The lowest BCUT2D eigenvalue weighted by Gasteiger charge is -2.03. The molecule has 2 rings (SSSR count). The molecule has 0 saturated heterocycles. The fourth-order valence-electron chi connectivity index (χ4n) is 1.27. The number of anilines is 1. The Bertz CT molecular complexity index is 397. The van der Waals surface area contributed by atoms with Crippen LogP contribution in [0.15, 0.2) is 35.8 Å². The Balaban J connectivity index is 2.11. The highest BCUT2D eigenvalue weighted by atomic mass is 32.1. The van der Waals surface area contributed by atoms with Crippen LogP contribution in [0.5, 0.6) is 0 Å².